The van der Waals surface area contributed by atoms with Crippen molar-refractivity contribution < 1.29 is 14.1 Å². The van der Waals surface area contributed by atoms with Gasteiger partial charge in [0.15, 0.2) is 0 Å². The molecule has 6 nitrogen and oxygen atoms in total. The van der Waals surface area contributed by atoms with Crippen LogP contribution in [0.2, 0.25) is 0 Å². The standard InChI is InChI=1S/C20H25N3O3.ClH/c1-12-17(13(2)26-22-12)11-25-19-6-4-3-5-15(19)20(24)23-9-14-7-8-18(21)16(14)10-23;/h3-6,14,16,18H,7-11,21H2,1-2H3;1H. The molecule has 2 heterocycles. The van der Waals surface area contributed by atoms with Crippen molar-refractivity contribution in [2.24, 2.45) is 17.6 Å². The minimum atomic E-state index is 0. The Bertz CT molecular complexity index is 803. The van der Waals surface area contributed by atoms with Crippen LogP contribution in [0, 0.1) is 25.7 Å². The second kappa shape index (κ2) is 7.90. The number of aryl methyl sites for hydroxylation is 2. The fourth-order valence-electron chi connectivity index (χ4n) is 4.27. The average Bonchev–Trinajstić information content (AvgIpc) is 3.30. The number of hydrogen-bond donors (Lipinski definition) is 1. The molecule has 4 rings (SSSR count). The van der Waals surface area contributed by atoms with Gasteiger partial charge in [0.1, 0.15) is 18.1 Å². The number of carbonyl (C=O) groups is 1. The summed E-state index contributed by atoms with van der Waals surface area (Å²) in [6, 6.07) is 7.66. The van der Waals surface area contributed by atoms with Gasteiger partial charge in [0.25, 0.3) is 5.91 Å². The van der Waals surface area contributed by atoms with Gasteiger partial charge in [0.05, 0.1) is 16.8 Å². The van der Waals surface area contributed by atoms with Gasteiger partial charge in [-0.25, -0.2) is 0 Å². The van der Waals surface area contributed by atoms with E-state index in [4.69, 9.17) is 15.0 Å². The molecule has 0 bridgehead atoms. The molecular formula is C20H26ClN3O3. The molecule has 1 aromatic carbocycles. The summed E-state index contributed by atoms with van der Waals surface area (Å²) in [4.78, 5) is 15.0. The molecule has 2 aromatic rings. The normalized spacial score (nSPS) is 23.8. The largest absolute Gasteiger partial charge is 0.488 e. The lowest BCUT2D eigenvalue weighted by Crippen LogP contribution is -2.33. The number of fused-ring (bicyclic) bond motifs is 1. The predicted octanol–water partition coefficient (Wildman–Crippen LogP) is 3.10. The van der Waals surface area contributed by atoms with Gasteiger partial charge >= 0.3 is 0 Å². The van der Waals surface area contributed by atoms with Gasteiger partial charge in [-0.15, -0.1) is 12.4 Å². The Hall–Kier alpha value is -2.05. The quantitative estimate of drug-likeness (QED) is 0.865. The number of benzene rings is 1. The molecule has 2 aliphatic rings. The van der Waals surface area contributed by atoms with E-state index in [-0.39, 0.29) is 24.4 Å². The van der Waals surface area contributed by atoms with Crippen molar-refractivity contribution in [2.75, 3.05) is 13.1 Å². The summed E-state index contributed by atoms with van der Waals surface area (Å²) in [5.74, 6) is 2.35. The molecule has 1 aliphatic heterocycles. The van der Waals surface area contributed by atoms with Crippen LogP contribution in [0.3, 0.4) is 0 Å². The molecule has 1 saturated heterocycles. The summed E-state index contributed by atoms with van der Waals surface area (Å²) in [6.45, 7) is 5.64. The summed E-state index contributed by atoms with van der Waals surface area (Å²) in [5.41, 5.74) is 8.55. The van der Waals surface area contributed by atoms with Crippen LogP contribution in [0.25, 0.3) is 0 Å². The van der Waals surface area contributed by atoms with E-state index in [9.17, 15) is 4.79 Å². The average molecular weight is 392 g/mol. The van der Waals surface area contributed by atoms with Crippen molar-refractivity contribution >= 4 is 18.3 Å². The van der Waals surface area contributed by atoms with Crippen LogP contribution in [0.15, 0.2) is 28.8 Å². The smallest absolute Gasteiger partial charge is 0.257 e. The van der Waals surface area contributed by atoms with E-state index >= 15 is 0 Å². The minimum Gasteiger partial charge on any atom is -0.488 e. The summed E-state index contributed by atoms with van der Waals surface area (Å²) in [6.07, 6.45) is 2.20. The molecule has 1 aromatic heterocycles. The zero-order valence-electron chi connectivity index (χ0n) is 15.7. The molecular weight excluding hydrogens is 366 g/mol. The molecule has 0 spiro atoms. The van der Waals surface area contributed by atoms with E-state index < -0.39 is 0 Å². The van der Waals surface area contributed by atoms with Crippen molar-refractivity contribution in [3.63, 3.8) is 0 Å². The molecule has 2 N–H and O–H groups in total. The molecule has 2 fully saturated rings. The van der Waals surface area contributed by atoms with E-state index in [0.29, 0.717) is 29.8 Å². The number of hydrogen-bond acceptors (Lipinski definition) is 5. The predicted molar refractivity (Wildman–Crippen MR) is 104 cm³/mol. The van der Waals surface area contributed by atoms with Crippen LogP contribution in [-0.2, 0) is 6.61 Å². The molecule has 1 amide bonds. The van der Waals surface area contributed by atoms with Crippen molar-refractivity contribution in [1.82, 2.24) is 10.1 Å². The third-order valence-corrected chi connectivity index (χ3v) is 5.87. The third-order valence-electron chi connectivity index (χ3n) is 5.87. The Balaban J connectivity index is 0.00000210. The summed E-state index contributed by atoms with van der Waals surface area (Å²) >= 11 is 0. The van der Waals surface area contributed by atoms with Crippen molar-refractivity contribution in [3.05, 3.63) is 46.8 Å². The van der Waals surface area contributed by atoms with Gasteiger partial charge in [-0.05, 0) is 50.7 Å². The number of aromatic nitrogens is 1. The number of nitrogens with two attached hydrogens (primary N) is 1. The Morgan fingerprint density at radius 2 is 2.07 bits per heavy atom. The molecule has 27 heavy (non-hydrogen) atoms. The molecule has 7 heteroatoms. The van der Waals surface area contributed by atoms with E-state index in [1.54, 1.807) is 0 Å². The van der Waals surface area contributed by atoms with Gasteiger partial charge in [-0.2, -0.15) is 0 Å². The van der Waals surface area contributed by atoms with Gasteiger partial charge in [0.2, 0.25) is 0 Å². The Morgan fingerprint density at radius 3 is 2.78 bits per heavy atom. The molecule has 3 atom stereocenters. The lowest BCUT2D eigenvalue weighted by molar-refractivity contribution is 0.0774. The molecule has 146 valence electrons. The SMILES string of the molecule is Cc1noc(C)c1COc1ccccc1C(=O)N1CC2CCC(N)C2C1.Cl. The van der Waals surface area contributed by atoms with E-state index in [2.05, 4.69) is 5.16 Å². The van der Waals surface area contributed by atoms with E-state index in [1.165, 1.54) is 0 Å². The maximum atomic E-state index is 13.1. The van der Waals surface area contributed by atoms with Gasteiger partial charge in [-0.3, -0.25) is 4.79 Å². The lowest BCUT2D eigenvalue weighted by atomic mass is 9.98. The Labute approximate surface area is 165 Å². The first-order valence-electron chi connectivity index (χ1n) is 9.23. The highest BCUT2D eigenvalue weighted by atomic mass is 35.5. The number of nitrogens with zero attached hydrogens (tertiary/aromatic N) is 2. The van der Waals surface area contributed by atoms with Crippen LogP contribution >= 0.6 is 12.4 Å². The number of amides is 1. The van der Waals surface area contributed by atoms with Crippen molar-refractivity contribution in [1.29, 1.82) is 0 Å². The first-order valence-corrected chi connectivity index (χ1v) is 9.23. The first kappa shape index (κ1) is 19.7. The maximum Gasteiger partial charge on any atom is 0.257 e. The highest BCUT2D eigenvalue weighted by Crippen LogP contribution is 2.38. The van der Waals surface area contributed by atoms with E-state index in [1.807, 2.05) is 43.0 Å². The van der Waals surface area contributed by atoms with Crippen molar-refractivity contribution in [2.45, 2.75) is 39.3 Å². The number of para-hydroxylation sites is 1. The number of rotatable bonds is 4. The number of carbonyl (C=O) groups excluding carboxylic acids is 1. The van der Waals surface area contributed by atoms with Crippen molar-refractivity contribution in [3.8, 4) is 5.75 Å². The van der Waals surface area contributed by atoms with Crippen LogP contribution in [0.1, 0.15) is 40.2 Å². The zero-order chi connectivity index (χ0) is 18.3. The van der Waals surface area contributed by atoms with Crippen LogP contribution < -0.4 is 10.5 Å². The molecule has 1 saturated carbocycles. The fraction of sp³-hybridized carbons (Fsp3) is 0.500. The summed E-state index contributed by atoms with van der Waals surface area (Å²) < 4.78 is 11.1. The summed E-state index contributed by atoms with van der Waals surface area (Å²) in [7, 11) is 0. The maximum absolute atomic E-state index is 13.1. The highest BCUT2D eigenvalue weighted by molar-refractivity contribution is 5.97. The van der Waals surface area contributed by atoms with Crippen LogP contribution in [0.5, 0.6) is 5.75 Å². The number of likely N-dealkylation sites (tertiary alicyclic amines) is 1. The highest BCUT2D eigenvalue weighted by Gasteiger charge is 2.42. The van der Waals surface area contributed by atoms with Gasteiger partial charge in [-0.1, -0.05) is 17.3 Å². The molecule has 1 aliphatic carbocycles. The molecule has 0 radical (unpaired) electrons. The zero-order valence-corrected chi connectivity index (χ0v) is 16.5. The fourth-order valence-corrected chi connectivity index (χ4v) is 4.27. The third kappa shape index (κ3) is 3.69. The Morgan fingerprint density at radius 1 is 1.30 bits per heavy atom. The van der Waals surface area contributed by atoms with E-state index in [0.717, 1.165) is 42.9 Å². The van der Waals surface area contributed by atoms with Gasteiger partial charge in [0, 0.05) is 19.1 Å². The minimum absolute atomic E-state index is 0. The second-order valence-electron chi connectivity index (χ2n) is 7.46. The number of ether oxygens (including phenoxy) is 1. The summed E-state index contributed by atoms with van der Waals surface area (Å²) in [5, 5.41) is 3.95. The number of halogens is 1. The van der Waals surface area contributed by atoms with Gasteiger partial charge < -0.3 is 19.9 Å². The Kier molecular flexibility index (Phi) is 5.77. The lowest BCUT2D eigenvalue weighted by Gasteiger charge is -2.20. The monoisotopic (exact) mass is 391 g/mol. The second-order valence-corrected chi connectivity index (χ2v) is 7.46. The van der Waals surface area contributed by atoms with Crippen LogP contribution in [-0.4, -0.2) is 35.1 Å². The topological polar surface area (TPSA) is 81.6 Å². The van der Waals surface area contributed by atoms with Crippen LogP contribution in [0.4, 0.5) is 0 Å². The first-order chi connectivity index (χ1) is 12.5. The molecule has 3 unspecified atom stereocenters.